The van der Waals surface area contributed by atoms with Crippen LogP contribution in [0.25, 0.3) is 5.32 Å². The van der Waals surface area contributed by atoms with Gasteiger partial charge in [0.15, 0.2) is 0 Å². The second kappa shape index (κ2) is 14.1. The molecule has 0 saturated heterocycles. The molecular formula is C8H12F6N3O4S2-. The highest BCUT2D eigenvalue weighted by Crippen LogP contribution is 2.34. The Morgan fingerprint density at radius 3 is 1.39 bits per heavy atom. The van der Waals surface area contributed by atoms with E-state index in [9.17, 15) is 26.3 Å². The first-order valence-electron chi connectivity index (χ1n) is 5.20. The summed E-state index contributed by atoms with van der Waals surface area (Å²) >= 11 is -1.50. The van der Waals surface area contributed by atoms with Crippen LogP contribution in [-0.2, 0) is 23.1 Å². The first-order valence-corrected chi connectivity index (χ1v) is 6.53. The molecule has 0 unspecified atom stereocenters. The van der Waals surface area contributed by atoms with E-state index < -0.39 is 35.7 Å². The van der Waals surface area contributed by atoms with Gasteiger partial charge in [-0.05, 0) is 6.92 Å². The summed E-state index contributed by atoms with van der Waals surface area (Å²) < 4.78 is 97.2. The molecule has 1 rings (SSSR count). The molecule has 1 aliphatic rings. The van der Waals surface area contributed by atoms with Gasteiger partial charge in [0.1, 0.15) is 0 Å². The lowest BCUT2D eigenvalue weighted by atomic mass is 10.6. The molecule has 0 saturated carbocycles. The van der Waals surface area contributed by atoms with Crippen molar-refractivity contribution >= 4 is 23.1 Å². The zero-order valence-corrected chi connectivity index (χ0v) is 13.3. The van der Waals surface area contributed by atoms with E-state index in [2.05, 4.69) is 36.2 Å². The SMILES string of the molecule is CCN1C=CN(C)C1.FC(F)(F)[N-]C(F)(F)F.O=S=O.O=S=O. The minimum atomic E-state index is -5.52. The van der Waals surface area contributed by atoms with Crippen LogP contribution in [0.5, 0.6) is 0 Å². The molecule has 0 aromatic rings. The van der Waals surface area contributed by atoms with Gasteiger partial charge in [-0.15, -0.1) is 0 Å². The second-order valence-electron chi connectivity index (χ2n) is 3.29. The molecule has 0 fully saturated rings. The number of alkyl halides is 6. The maximum Gasteiger partial charge on any atom is 0.335 e. The Labute approximate surface area is 134 Å². The van der Waals surface area contributed by atoms with E-state index in [1.807, 2.05) is 0 Å². The zero-order valence-electron chi connectivity index (χ0n) is 11.6. The van der Waals surface area contributed by atoms with Crippen LogP contribution in [0.1, 0.15) is 6.92 Å². The third-order valence-corrected chi connectivity index (χ3v) is 1.60. The van der Waals surface area contributed by atoms with Crippen LogP contribution in [0.15, 0.2) is 12.4 Å². The summed E-state index contributed by atoms with van der Waals surface area (Å²) in [5, 5.41) is 0.542. The first-order chi connectivity index (χ1) is 10.4. The monoisotopic (exact) mass is 392 g/mol. The molecular weight excluding hydrogens is 380 g/mol. The number of nitrogens with zero attached hydrogens (tertiary/aromatic N) is 3. The average Bonchev–Trinajstić information content (AvgIpc) is 2.73. The third-order valence-electron chi connectivity index (χ3n) is 1.60. The highest BCUT2D eigenvalue weighted by atomic mass is 32.1. The van der Waals surface area contributed by atoms with Crippen molar-refractivity contribution in [1.29, 1.82) is 0 Å². The normalized spacial score (nSPS) is 12.9. The van der Waals surface area contributed by atoms with Gasteiger partial charge in [0.2, 0.25) is 0 Å². The Hall–Kier alpha value is -1.48. The maximum atomic E-state index is 10.7. The summed E-state index contributed by atoms with van der Waals surface area (Å²) in [5.41, 5.74) is 0. The molecule has 15 heteroatoms. The van der Waals surface area contributed by atoms with Crippen LogP contribution < -0.4 is 0 Å². The Bertz CT molecular complexity index is 382. The summed E-state index contributed by atoms with van der Waals surface area (Å²) in [6, 6.07) is 0. The average molecular weight is 392 g/mol. The van der Waals surface area contributed by atoms with E-state index in [1.54, 1.807) is 0 Å². The van der Waals surface area contributed by atoms with E-state index in [1.165, 1.54) is 0 Å². The maximum absolute atomic E-state index is 10.7. The molecule has 1 aliphatic heterocycles. The minimum Gasteiger partial charge on any atom is -0.478 e. The van der Waals surface area contributed by atoms with Crippen LogP contribution in [0.2, 0.25) is 0 Å². The van der Waals surface area contributed by atoms with Crippen molar-refractivity contribution in [3.8, 4) is 0 Å². The second-order valence-corrected chi connectivity index (χ2v) is 3.56. The Balaban J connectivity index is -0.000000261. The summed E-state index contributed by atoms with van der Waals surface area (Å²) in [6.07, 6.45) is -6.83. The third kappa shape index (κ3) is 29.2. The smallest absolute Gasteiger partial charge is 0.335 e. The molecule has 1 heterocycles. The van der Waals surface area contributed by atoms with Gasteiger partial charge in [-0.25, -0.2) is 0 Å². The van der Waals surface area contributed by atoms with E-state index in [4.69, 9.17) is 16.8 Å². The Kier molecular flexibility index (Phi) is 16.2. The van der Waals surface area contributed by atoms with E-state index >= 15 is 0 Å². The summed E-state index contributed by atoms with van der Waals surface area (Å²) in [7, 11) is 2.08. The van der Waals surface area contributed by atoms with E-state index in [-0.39, 0.29) is 0 Å². The molecule has 138 valence electrons. The van der Waals surface area contributed by atoms with Gasteiger partial charge < -0.3 is 15.1 Å². The lowest BCUT2D eigenvalue weighted by Crippen LogP contribution is -2.21. The quantitative estimate of drug-likeness (QED) is 0.499. The molecule has 0 amide bonds. The summed E-state index contributed by atoms with van der Waals surface area (Å²) in [6.45, 7) is 4.32. The van der Waals surface area contributed by atoms with Crippen molar-refractivity contribution in [1.82, 2.24) is 9.80 Å². The largest absolute Gasteiger partial charge is 0.478 e. The highest BCUT2D eigenvalue weighted by molar-refractivity contribution is 7.51. The number of hydrogen-bond donors (Lipinski definition) is 0. The fraction of sp³-hybridized carbons (Fsp3) is 0.750. The fourth-order valence-electron chi connectivity index (χ4n) is 0.938. The molecule has 0 N–H and O–H groups in total. The molecule has 0 aliphatic carbocycles. The van der Waals surface area contributed by atoms with Crippen molar-refractivity contribution in [2.75, 3.05) is 20.3 Å². The topological polar surface area (TPSA) is 88.9 Å². The fourth-order valence-corrected chi connectivity index (χ4v) is 0.938. The van der Waals surface area contributed by atoms with Crippen molar-refractivity contribution in [2.45, 2.75) is 19.5 Å². The summed E-state index contributed by atoms with van der Waals surface area (Å²) in [4.78, 5) is 4.41. The van der Waals surface area contributed by atoms with Gasteiger partial charge in [0.25, 0.3) is 0 Å². The lowest BCUT2D eigenvalue weighted by Gasteiger charge is -2.26. The predicted molar refractivity (Wildman–Crippen MR) is 67.5 cm³/mol. The van der Waals surface area contributed by atoms with Gasteiger partial charge in [0, 0.05) is 26.0 Å². The number of hydrogen-bond acceptors (Lipinski definition) is 6. The lowest BCUT2D eigenvalue weighted by molar-refractivity contribution is -0.172. The Morgan fingerprint density at radius 2 is 1.30 bits per heavy atom. The Morgan fingerprint density at radius 1 is 0.957 bits per heavy atom. The molecule has 0 atom stereocenters. The van der Waals surface area contributed by atoms with Gasteiger partial charge in [-0.2, -0.15) is 43.2 Å². The van der Waals surface area contributed by atoms with Gasteiger partial charge in [-0.1, -0.05) is 0 Å². The standard InChI is InChI=1S/C6H12N2.C2F6N.2O2S/c1-3-8-5-4-7(2)6-8;3-1(4,5)9-2(6,7)8;2*1-3-2/h4-5H,3,6H2,1-2H3;;;/q;-1;;. The van der Waals surface area contributed by atoms with Crippen molar-refractivity contribution < 1.29 is 43.2 Å². The van der Waals surface area contributed by atoms with Crippen molar-refractivity contribution in [3.63, 3.8) is 0 Å². The van der Waals surface area contributed by atoms with Crippen LogP contribution in [-0.4, -0.2) is 59.5 Å². The van der Waals surface area contributed by atoms with Crippen LogP contribution in [0, 0.1) is 0 Å². The molecule has 23 heavy (non-hydrogen) atoms. The molecule has 0 bridgehead atoms. The van der Waals surface area contributed by atoms with Gasteiger partial charge in [0.05, 0.1) is 6.67 Å². The van der Waals surface area contributed by atoms with Gasteiger partial charge in [-0.3, -0.25) is 0 Å². The molecule has 0 radical (unpaired) electrons. The van der Waals surface area contributed by atoms with E-state index in [0.717, 1.165) is 13.2 Å². The molecule has 0 spiro atoms. The molecule has 0 aromatic heterocycles. The molecule has 7 nitrogen and oxygen atoms in total. The van der Waals surface area contributed by atoms with Gasteiger partial charge >= 0.3 is 35.7 Å². The van der Waals surface area contributed by atoms with Crippen molar-refractivity contribution in [3.05, 3.63) is 17.7 Å². The van der Waals surface area contributed by atoms with Crippen molar-refractivity contribution in [2.24, 2.45) is 0 Å². The first kappa shape index (κ1) is 26.4. The highest BCUT2D eigenvalue weighted by Gasteiger charge is 2.27. The zero-order chi connectivity index (χ0) is 19.1. The van der Waals surface area contributed by atoms with Crippen LogP contribution in [0.3, 0.4) is 0 Å². The molecule has 0 aromatic carbocycles. The van der Waals surface area contributed by atoms with Crippen LogP contribution >= 0.6 is 0 Å². The number of rotatable bonds is 1. The minimum absolute atomic E-state index is 0.542. The predicted octanol–water partition coefficient (Wildman–Crippen LogP) is 1.74. The number of halogens is 6. The van der Waals surface area contributed by atoms with Crippen LogP contribution in [0.4, 0.5) is 26.3 Å². The summed E-state index contributed by atoms with van der Waals surface area (Å²) in [5.74, 6) is 0. The van der Waals surface area contributed by atoms with E-state index in [0.29, 0.717) is 5.32 Å².